The summed E-state index contributed by atoms with van der Waals surface area (Å²) in [4.78, 5) is 55.1. The van der Waals surface area contributed by atoms with E-state index in [0.29, 0.717) is 50.2 Å². The number of nitrogens with zero attached hydrogens (tertiary/aromatic N) is 2. The Hall–Kier alpha value is -4.03. The number of alkyl halides is 4. The van der Waals surface area contributed by atoms with Crippen molar-refractivity contribution in [2.45, 2.75) is 95.1 Å². The van der Waals surface area contributed by atoms with Crippen molar-refractivity contribution < 1.29 is 50.6 Å². The number of anilines is 1. The molecule has 1 saturated carbocycles. The van der Waals surface area contributed by atoms with Gasteiger partial charge < -0.3 is 14.4 Å². The van der Waals surface area contributed by atoms with Gasteiger partial charge in [-0.25, -0.2) is 18.4 Å². The van der Waals surface area contributed by atoms with Crippen LogP contribution in [0, 0.1) is 17.7 Å². The average Bonchev–Trinajstić information content (AvgIpc) is 3.41. The third-order valence-corrected chi connectivity index (χ3v) is 10.2. The number of fused-ring (bicyclic) bond motifs is 3. The average molecular weight is 693 g/mol. The summed E-state index contributed by atoms with van der Waals surface area (Å²) in [7, 11) is 1.14. The molecule has 13 heteroatoms. The lowest BCUT2D eigenvalue weighted by atomic mass is 9.66. The maximum absolute atomic E-state index is 15.4. The number of likely N-dealkylation sites (tertiary alicyclic amines) is 1. The highest BCUT2D eigenvalue weighted by molar-refractivity contribution is 6.34. The van der Waals surface area contributed by atoms with Crippen LogP contribution in [0.2, 0.25) is 0 Å². The van der Waals surface area contributed by atoms with Crippen LogP contribution < -0.4 is 4.90 Å². The summed E-state index contributed by atoms with van der Waals surface area (Å²) in [5, 5.41) is 0. The van der Waals surface area contributed by atoms with Gasteiger partial charge >= 0.3 is 18.2 Å². The van der Waals surface area contributed by atoms with Crippen molar-refractivity contribution in [3.8, 4) is 0 Å². The van der Waals surface area contributed by atoms with Gasteiger partial charge in [0.1, 0.15) is 11.4 Å². The van der Waals surface area contributed by atoms with Gasteiger partial charge in [-0.1, -0.05) is 24.3 Å². The molecular formula is C36H41F5N2O6. The van der Waals surface area contributed by atoms with E-state index in [4.69, 9.17) is 4.74 Å². The number of ether oxygens (including phenoxy) is 2. The van der Waals surface area contributed by atoms with Crippen LogP contribution in [-0.2, 0) is 41.4 Å². The zero-order valence-corrected chi connectivity index (χ0v) is 28.2. The van der Waals surface area contributed by atoms with Gasteiger partial charge in [0, 0.05) is 29.4 Å². The lowest BCUT2D eigenvalue weighted by molar-refractivity contribution is -0.228. The predicted octanol–water partition coefficient (Wildman–Crippen LogP) is 6.96. The lowest BCUT2D eigenvalue weighted by Crippen LogP contribution is -2.58. The zero-order chi connectivity index (χ0) is 36.1. The Morgan fingerprint density at radius 2 is 1.51 bits per heavy atom. The summed E-state index contributed by atoms with van der Waals surface area (Å²) < 4.78 is 81.2. The van der Waals surface area contributed by atoms with Gasteiger partial charge in [-0.15, -0.1) is 0 Å². The summed E-state index contributed by atoms with van der Waals surface area (Å²) in [6.07, 6.45) is -4.15. The maximum atomic E-state index is 15.4. The van der Waals surface area contributed by atoms with Gasteiger partial charge in [-0.05, 0) is 95.5 Å². The molecule has 2 amide bonds. The normalized spacial score (nSPS) is 25.1. The van der Waals surface area contributed by atoms with Crippen molar-refractivity contribution in [1.29, 1.82) is 0 Å². The van der Waals surface area contributed by atoms with Crippen molar-refractivity contribution in [3.05, 3.63) is 65.0 Å². The van der Waals surface area contributed by atoms with E-state index in [9.17, 15) is 36.7 Å². The lowest BCUT2D eigenvalue weighted by Gasteiger charge is -2.48. The van der Waals surface area contributed by atoms with E-state index >= 15 is 4.39 Å². The molecule has 3 aliphatic rings. The molecule has 0 spiro atoms. The van der Waals surface area contributed by atoms with Gasteiger partial charge in [0.25, 0.3) is 0 Å². The second-order valence-corrected chi connectivity index (χ2v) is 14.5. The first kappa shape index (κ1) is 36.3. The molecule has 49 heavy (non-hydrogen) atoms. The van der Waals surface area contributed by atoms with Crippen LogP contribution in [0.1, 0.15) is 76.5 Å². The summed E-state index contributed by atoms with van der Waals surface area (Å²) in [6, 6.07) is 8.63. The Balaban J connectivity index is 1.58. The molecule has 2 aromatic rings. The van der Waals surface area contributed by atoms with E-state index in [1.807, 2.05) is 0 Å². The smallest absolute Gasteiger partial charge is 0.426 e. The summed E-state index contributed by atoms with van der Waals surface area (Å²) in [6.45, 7) is 5.44. The van der Waals surface area contributed by atoms with Crippen LogP contribution in [0.15, 0.2) is 42.5 Å². The van der Waals surface area contributed by atoms with Crippen LogP contribution >= 0.6 is 0 Å². The maximum Gasteiger partial charge on any atom is 0.426 e. The van der Waals surface area contributed by atoms with Gasteiger partial charge in [-0.2, -0.15) is 13.2 Å². The molecule has 0 bridgehead atoms. The molecule has 2 fully saturated rings. The van der Waals surface area contributed by atoms with Crippen molar-refractivity contribution in [1.82, 2.24) is 4.90 Å². The highest BCUT2D eigenvalue weighted by atomic mass is 19.4. The van der Waals surface area contributed by atoms with Crippen molar-refractivity contribution in [2.75, 3.05) is 25.1 Å². The fourth-order valence-corrected chi connectivity index (χ4v) is 7.56. The quantitative estimate of drug-likeness (QED) is 0.185. The van der Waals surface area contributed by atoms with Crippen LogP contribution in [0.25, 0.3) is 0 Å². The van der Waals surface area contributed by atoms with Gasteiger partial charge in [0.15, 0.2) is 0 Å². The molecule has 266 valence electrons. The fourth-order valence-electron chi connectivity index (χ4n) is 7.56. The van der Waals surface area contributed by atoms with Crippen LogP contribution in [0.5, 0.6) is 0 Å². The van der Waals surface area contributed by atoms with Crippen molar-refractivity contribution in [3.63, 3.8) is 0 Å². The van der Waals surface area contributed by atoms with Gasteiger partial charge in [0.2, 0.25) is 17.4 Å². The third kappa shape index (κ3) is 6.90. The Kier molecular flexibility index (Phi) is 9.63. The summed E-state index contributed by atoms with van der Waals surface area (Å²) >= 11 is 0. The SMILES string of the molecule is COC(=O)C(=O)[C@H]1CC[C@H](C(=O)N2CCC3(Cc4ccc(F)cc4)c4ccc(C(C)(F)C(F)(F)F)cc4N(C(=O)OC(C)(C)C)CC23)CC1. The molecule has 0 aromatic heterocycles. The second kappa shape index (κ2) is 13.0. The zero-order valence-electron chi connectivity index (χ0n) is 28.2. The third-order valence-electron chi connectivity index (χ3n) is 10.2. The number of esters is 1. The Labute approximate surface area is 281 Å². The summed E-state index contributed by atoms with van der Waals surface area (Å²) in [5.41, 5.74) is -5.14. The fraction of sp³-hybridized carbons (Fsp3) is 0.556. The number of hydrogen-bond donors (Lipinski definition) is 0. The molecule has 1 saturated heterocycles. The molecule has 8 nitrogen and oxygen atoms in total. The molecule has 3 unspecified atom stereocenters. The molecule has 0 radical (unpaired) electrons. The highest BCUT2D eigenvalue weighted by Crippen LogP contribution is 2.53. The van der Waals surface area contributed by atoms with Crippen LogP contribution in [0.3, 0.4) is 0 Å². The van der Waals surface area contributed by atoms with E-state index in [2.05, 4.69) is 4.74 Å². The Bertz CT molecular complexity index is 1610. The number of benzene rings is 2. The standard InChI is InChI=1S/C36H41F5N2O6/c1-33(2,3)49-32(47)43-20-28-35(19-21-6-13-25(37)14-7-21,26-15-12-24(18-27(26)43)34(4,38)36(39,40)41)16-17-42(28)30(45)23-10-8-22(9-11-23)29(44)31(46)48-5/h6-7,12-15,18,22-23,28H,8-11,16-17,19-20H2,1-5H3/t22-,23-,28?,34?,35?. The van der Waals surface area contributed by atoms with Gasteiger partial charge in [-0.3, -0.25) is 14.5 Å². The number of carbonyl (C=O) groups is 4. The number of amides is 2. The number of halogens is 5. The van der Waals surface area contributed by atoms with Gasteiger partial charge in [0.05, 0.1) is 25.4 Å². The molecule has 0 N–H and O–H groups in total. The number of rotatable bonds is 6. The van der Waals surface area contributed by atoms with Crippen molar-refractivity contribution in [2.24, 2.45) is 11.8 Å². The minimum Gasteiger partial charge on any atom is -0.463 e. The number of hydrogen-bond acceptors (Lipinski definition) is 6. The van der Waals surface area contributed by atoms with E-state index in [-0.39, 0.29) is 31.1 Å². The largest absolute Gasteiger partial charge is 0.463 e. The number of methoxy groups -OCH3 is 1. The van der Waals surface area contributed by atoms with E-state index in [1.54, 1.807) is 37.8 Å². The van der Waals surface area contributed by atoms with Crippen LogP contribution in [-0.4, -0.2) is 66.7 Å². The Morgan fingerprint density at radius 1 is 0.898 bits per heavy atom. The molecule has 3 atom stereocenters. The number of Topliss-reactive ketones (excluding diaryl/α,β-unsaturated/α-hetero) is 1. The molecule has 1 aliphatic carbocycles. The number of ketones is 1. The molecule has 2 aliphatic heterocycles. The number of carbonyl (C=O) groups excluding carboxylic acids is 4. The van der Waals surface area contributed by atoms with Crippen LogP contribution in [0.4, 0.5) is 32.4 Å². The second-order valence-electron chi connectivity index (χ2n) is 14.5. The molecule has 2 heterocycles. The van der Waals surface area contributed by atoms with E-state index < -0.39 is 70.0 Å². The highest BCUT2D eigenvalue weighted by Gasteiger charge is 2.58. The molecular weight excluding hydrogens is 651 g/mol. The minimum absolute atomic E-state index is 0.0503. The first-order valence-corrected chi connectivity index (χ1v) is 16.4. The van der Waals surface area contributed by atoms with E-state index in [1.165, 1.54) is 23.1 Å². The van der Waals surface area contributed by atoms with E-state index in [0.717, 1.165) is 19.2 Å². The molecule has 5 rings (SSSR count). The Morgan fingerprint density at radius 3 is 2.08 bits per heavy atom. The predicted molar refractivity (Wildman–Crippen MR) is 169 cm³/mol. The first-order valence-electron chi connectivity index (χ1n) is 16.4. The summed E-state index contributed by atoms with van der Waals surface area (Å²) in [5.74, 6) is -3.23. The first-order chi connectivity index (χ1) is 22.8. The minimum atomic E-state index is -5.24. The monoisotopic (exact) mass is 692 g/mol. The molecule has 2 aromatic carbocycles. The topological polar surface area (TPSA) is 93.2 Å². The van der Waals surface area contributed by atoms with Crippen molar-refractivity contribution >= 4 is 29.4 Å².